The summed E-state index contributed by atoms with van der Waals surface area (Å²) >= 11 is 0. The number of ether oxygens (including phenoxy) is 1. The van der Waals surface area contributed by atoms with Crippen LogP contribution in [0.25, 0.3) is 0 Å². The van der Waals surface area contributed by atoms with Crippen LogP contribution in [0.5, 0.6) is 5.75 Å². The number of likely N-dealkylation sites (tertiary alicyclic amines) is 1. The summed E-state index contributed by atoms with van der Waals surface area (Å²) in [6.45, 7) is 5.01. The van der Waals surface area contributed by atoms with Crippen LogP contribution in [0.2, 0.25) is 0 Å². The Labute approximate surface area is 142 Å². The minimum absolute atomic E-state index is 0. The molecule has 0 aromatic heterocycles. The van der Waals surface area contributed by atoms with Crippen molar-refractivity contribution in [2.75, 3.05) is 13.1 Å². The summed E-state index contributed by atoms with van der Waals surface area (Å²) in [7, 11) is 0. The van der Waals surface area contributed by atoms with Crippen LogP contribution in [-0.4, -0.2) is 35.5 Å². The molecule has 1 amide bonds. The van der Waals surface area contributed by atoms with E-state index in [1.54, 1.807) is 26.0 Å². The zero-order chi connectivity index (χ0) is 15.9. The molecule has 1 aromatic carbocycles. The number of fused-ring (bicyclic) bond motifs is 1. The largest absolute Gasteiger partial charge is 0.478 e. The van der Waals surface area contributed by atoms with Crippen LogP contribution in [-0.2, 0) is 4.79 Å². The molecule has 1 aliphatic heterocycles. The number of halogens is 2. The molecule has 1 heterocycles. The quantitative estimate of drug-likeness (QED) is 0.918. The molecule has 3 unspecified atom stereocenters. The Balaban J connectivity index is 0.00000192. The Bertz CT molecular complexity index is 564. The highest BCUT2D eigenvalue weighted by atomic mass is 35.5. The minimum atomic E-state index is -0.972. The third-order valence-corrected chi connectivity index (χ3v) is 4.90. The van der Waals surface area contributed by atoms with E-state index in [0.29, 0.717) is 17.6 Å². The zero-order valence-electron chi connectivity index (χ0n) is 13.5. The van der Waals surface area contributed by atoms with E-state index >= 15 is 0 Å². The van der Waals surface area contributed by atoms with Crippen molar-refractivity contribution >= 4 is 18.3 Å². The second-order valence-corrected chi connectivity index (χ2v) is 6.94. The van der Waals surface area contributed by atoms with Crippen LogP contribution in [0.1, 0.15) is 26.7 Å². The summed E-state index contributed by atoms with van der Waals surface area (Å²) in [4.78, 5) is 14.6. The first-order valence-corrected chi connectivity index (χ1v) is 7.86. The number of amides is 1. The maximum Gasteiger partial charge on any atom is 0.266 e. The summed E-state index contributed by atoms with van der Waals surface area (Å²) in [6.07, 6.45) is 2.17. The molecule has 2 aliphatic rings. The average molecular weight is 343 g/mol. The van der Waals surface area contributed by atoms with Gasteiger partial charge in [-0.1, -0.05) is 0 Å². The number of benzene rings is 1. The lowest BCUT2D eigenvalue weighted by Gasteiger charge is -2.30. The molecule has 4 nitrogen and oxygen atoms in total. The van der Waals surface area contributed by atoms with E-state index in [1.165, 1.54) is 12.1 Å². The van der Waals surface area contributed by atoms with E-state index in [2.05, 4.69) is 0 Å². The van der Waals surface area contributed by atoms with Gasteiger partial charge in [0.05, 0.1) is 0 Å². The Morgan fingerprint density at radius 1 is 1.26 bits per heavy atom. The number of hydrogen-bond acceptors (Lipinski definition) is 3. The molecule has 128 valence electrons. The van der Waals surface area contributed by atoms with Gasteiger partial charge >= 0.3 is 0 Å². The molecular weight excluding hydrogens is 319 g/mol. The maximum absolute atomic E-state index is 12.9. The summed E-state index contributed by atoms with van der Waals surface area (Å²) in [5.74, 6) is 1.10. The Morgan fingerprint density at radius 3 is 2.52 bits per heavy atom. The van der Waals surface area contributed by atoms with Gasteiger partial charge in [0, 0.05) is 19.1 Å². The Hall–Kier alpha value is -1.33. The van der Waals surface area contributed by atoms with Gasteiger partial charge in [0.2, 0.25) is 0 Å². The normalized spacial score (nSPS) is 26.6. The fourth-order valence-electron chi connectivity index (χ4n) is 3.70. The first-order valence-electron chi connectivity index (χ1n) is 7.86. The molecule has 6 heteroatoms. The Morgan fingerprint density at radius 2 is 1.91 bits per heavy atom. The van der Waals surface area contributed by atoms with Crippen molar-refractivity contribution in [3.63, 3.8) is 0 Å². The third kappa shape index (κ3) is 3.61. The molecule has 1 aromatic rings. The van der Waals surface area contributed by atoms with Gasteiger partial charge in [0.25, 0.3) is 5.91 Å². The van der Waals surface area contributed by atoms with Gasteiger partial charge in [-0.25, -0.2) is 4.39 Å². The predicted octanol–water partition coefficient (Wildman–Crippen LogP) is 2.60. The number of carbonyl (C=O) groups is 1. The van der Waals surface area contributed by atoms with Crippen molar-refractivity contribution in [1.29, 1.82) is 0 Å². The SMILES string of the molecule is CC(C)(Oc1ccc(F)cc1)C(=O)N1CC2CCC(N)C2C1.Cl. The molecule has 3 atom stereocenters. The van der Waals surface area contributed by atoms with Crippen molar-refractivity contribution in [2.45, 2.75) is 38.3 Å². The molecule has 0 bridgehead atoms. The van der Waals surface area contributed by atoms with Crippen LogP contribution in [0.4, 0.5) is 4.39 Å². The number of nitrogens with zero attached hydrogens (tertiary/aromatic N) is 1. The smallest absolute Gasteiger partial charge is 0.266 e. The molecule has 0 spiro atoms. The standard InChI is InChI=1S/C17H23FN2O2.ClH/c1-17(2,22-13-6-4-12(18)5-7-13)16(21)20-9-11-3-8-15(19)14(11)10-20;/h4-7,11,14-15H,3,8-10,19H2,1-2H3;1H. The summed E-state index contributed by atoms with van der Waals surface area (Å²) in [5.41, 5.74) is 5.15. The summed E-state index contributed by atoms with van der Waals surface area (Å²) in [5, 5.41) is 0. The number of rotatable bonds is 3. The van der Waals surface area contributed by atoms with Crippen molar-refractivity contribution in [2.24, 2.45) is 17.6 Å². The molecular formula is C17H24ClFN2O2. The van der Waals surface area contributed by atoms with E-state index in [4.69, 9.17) is 10.5 Å². The fraction of sp³-hybridized carbons (Fsp3) is 0.588. The average Bonchev–Trinajstić information content (AvgIpc) is 3.03. The molecule has 2 N–H and O–H groups in total. The number of carbonyl (C=O) groups excluding carboxylic acids is 1. The molecule has 3 rings (SSSR count). The first-order chi connectivity index (χ1) is 10.4. The van der Waals surface area contributed by atoms with Crippen molar-refractivity contribution < 1.29 is 13.9 Å². The monoisotopic (exact) mass is 342 g/mol. The van der Waals surface area contributed by atoms with Gasteiger partial charge in [-0.15, -0.1) is 12.4 Å². The van der Waals surface area contributed by atoms with Crippen molar-refractivity contribution in [3.8, 4) is 5.75 Å². The van der Waals surface area contributed by atoms with Gasteiger partial charge in [0.1, 0.15) is 11.6 Å². The van der Waals surface area contributed by atoms with E-state index in [1.807, 2.05) is 4.90 Å². The highest BCUT2D eigenvalue weighted by Gasteiger charge is 2.45. The number of hydrogen-bond donors (Lipinski definition) is 1. The molecule has 2 fully saturated rings. The predicted molar refractivity (Wildman–Crippen MR) is 89.1 cm³/mol. The lowest BCUT2D eigenvalue weighted by atomic mass is 9.98. The minimum Gasteiger partial charge on any atom is -0.478 e. The van der Waals surface area contributed by atoms with Crippen LogP contribution in [0.15, 0.2) is 24.3 Å². The lowest BCUT2D eigenvalue weighted by Crippen LogP contribution is -2.48. The fourth-order valence-corrected chi connectivity index (χ4v) is 3.70. The van der Waals surface area contributed by atoms with Gasteiger partial charge < -0.3 is 15.4 Å². The van der Waals surface area contributed by atoms with E-state index in [-0.39, 0.29) is 30.2 Å². The highest BCUT2D eigenvalue weighted by Crippen LogP contribution is 2.38. The molecule has 1 saturated carbocycles. The third-order valence-electron chi connectivity index (χ3n) is 4.90. The first kappa shape index (κ1) is 18.0. The van der Waals surface area contributed by atoms with Crippen LogP contribution < -0.4 is 10.5 Å². The van der Waals surface area contributed by atoms with Gasteiger partial charge in [-0.05, 0) is 62.8 Å². The Kier molecular flexibility index (Phi) is 5.21. The van der Waals surface area contributed by atoms with Crippen molar-refractivity contribution in [1.82, 2.24) is 4.90 Å². The van der Waals surface area contributed by atoms with Gasteiger partial charge in [0.15, 0.2) is 5.60 Å². The van der Waals surface area contributed by atoms with Gasteiger partial charge in [-0.2, -0.15) is 0 Å². The van der Waals surface area contributed by atoms with E-state index < -0.39 is 5.60 Å². The molecule has 1 aliphatic carbocycles. The van der Waals surface area contributed by atoms with Crippen LogP contribution in [0.3, 0.4) is 0 Å². The number of nitrogens with two attached hydrogens (primary N) is 1. The topological polar surface area (TPSA) is 55.6 Å². The lowest BCUT2D eigenvalue weighted by molar-refractivity contribution is -0.144. The molecule has 1 saturated heterocycles. The summed E-state index contributed by atoms with van der Waals surface area (Å²) in [6, 6.07) is 5.95. The summed E-state index contributed by atoms with van der Waals surface area (Å²) < 4.78 is 18.7. The second kappa shape index (κ2) is 6.65. The highest BCUT2D eigenvalue weighted by molar-refractivity contribution is 5.85. The van der Waals surface area contributed by atoms with Crippen molar-refractivity contribution in [3.05, 3.63) is 30.1 Å². The second-order valence-electron chi connectivity index (χ2n) is 6.94. The molecule has 23 heavy (non-hydrogen) atoms. The van der Waals surface area contributed by atoms with Crippen LogP contribution >= 0.6 is 12.4 Å². The van der Waals surface area contributed by atoms with E-state index in [0.717, 1.165) is 25.9 Å². The van der Waals surface area contributed by atoms with Crippen LogP contribution in [0, 0.1) is 17.7 Å². The zero-order valence-corrected chi connectivity index (χ0v) is 14.3. The maximum atomic E-state index is 12.9. The van der Waals surface area contributed by atoms with Gasteiger partial charge in [-0.3, -0.25) is 4.79 Å². The van der Waals surface area contributed by atoms with E-state index in [9.17, 15) is 9.18 Å². The molecule has 0 radical (unpaired) electrons.